The normalized spacial score (nSPS) is 11.9. The second kappa shape index (κ2) is 8.39. The van der Waals surface area contributed by atoms with Crippen molar-refractivity contribution in [1.82, 2.24) is 14.9 Å². The molecule has 2 N–H and O–H groups in total. The minimum absolute atomic E-state index is 0.0385. The van der Waals surface area contributed by atoms with Crippen molar-refractivity contribution in [3.8, 4) is 0 Å². The lowest BCUT2D eigenvalue weighted by atomic mass is 10.2. The Hall–Kier alpha value is -1.92. The lowest BCUT2D eigenvalue weighted by Gasteiger charge is -2.23. The molecule has 0 aliphatic heterocycles. The van der Waals surface area contributed by atoms with Gasteiger partial charge in [0.2, 0.25) is 11.9 Å². The van der Waals surface area contributed by atoms with Crippen molar-refractivity contribution in [3.05, 3.63) is 12.0 Å². The number of halogens is 1. The van der Waals surface area contributed by atoms with Crippen LogP contribution >= 0.6 is 0 Å². The number of nitrogens with zero attached hydrogens (tertiary/aromatic N) is 3. The Bertz CT molecular complexity index is 465. The molecule has 0 aliphatic carbocycles. The van der Waals surface area contributed by atoms with Crippen LogP contribution in [0.2, 0.25) is 0 Å². The molecule has 0 bridgehead atoms. The molecular weight excluding hydrogens is 273 g/mol. The van der Waals surface area contributed by atoms with Crippen LogP contribution in [0.5, 0.6) is 0 Å². The van der Waals surface area contributed by atoms with Gasteiger partial charge in [0.05, 0.1) is 6.20 Å². The molecule has 1 aromatic heterocycles. The summed E-state index contributed by atoms with van der Waals surface area (Å²) in [5, 5.41) is 5.80. The van der Waals surface area contributed by atoms with Crippen molar-refractivity contribution >= 4 is 17.7 Å². The Morgan fingerprint density at radius 1 is 1.38 bits per heavy atom. The Morgan fingerprint density at radius 3 is 2.62 bits per heavy atom. The minimum Gasteiger partial charge on any atom is -0.356 e. The molecule has 118 valence electrons. The first-order chi connectivity index (χ1) is 10.0. The highest BCUT2D eigenvalue weighted by Gasteiger charge is 2.20. The van der Waals surface area contributed by atoms with E-state index in [2.05, 4.69) is 20.6 Å². The van der Waals surface area contributed by atoms with Crippen LogP contribution in [-0.4, -0.2) is 46.5 Å². The van der Waals surface area contributed by atoms with E-state index in [4.69, 9.17) is 0 Å². The molecule has 1 unspecified atom stereocenters. The first-order valence-electron chi connectivity index (χ1n) is 7.35. The Morgan fingerprint density at radius 2 is 2.05 bits per heavy atom. The molecule has 0 fully saturated rings. The predicted molar refractivity (Wildman–Crippen MR) is 81.8 cm³/mol. The van der Waals surface area contributed by atoms with Gasteiger partial charge >= 0.3 is 0 Å². The summed E-state index contributed by atoms with van der Waals surface area (Å²) in [6, 6.07) is -0.548. The highest BCUT2D eigenvalue weighted by molar-refractivity contribution is 5.84. The highest BCUT2D eigenvalue weighted by Crippen LogP contribution is 2.13. The van der Waals surface area contributed by atoms with Crippen molar-refractivity contribution < 1.29 is 9.18 Å². The summed E-state index contributed by atoms with van der Waals surface area (Å²) in [6.07, 6.45) is 2.02. The van der Waals surface area contributed by atoms with Crippen molar-refractivity contribution in [2.75, 3.05) is 30.3 Å². The molecular formula is C14H24FN5O. The lowest BCUT2D eigenvalue weighted by Crippen LogP contribution is -2.41. The zero-order valence-electron chi connectivity index (χ0n) is 13.1. The molecule has 1 amide bonds. The third kappa shape index (κ3) is 4.84. The van der Waals surface area contributed by atoms with Gasteiger partial charge < -0.3 is 15.5 Å². The topological polar surface area (TPSA) is 70.2 Å². The number of amides is 1. The number of hydrogen-bond acceptors (Lipinski definition) is 5. The van der Waals surface area contributed by atoms with E-state index in [-0.39, 0.29) is 11.7 Å². The van der Waals surface area contributed by atoms with Crippen molar-refractivity contribution in [1.29, 1.82) is 0 Å². The van der Waals surface area contributed by atoms with Gasteiger partial charge in [-0.05, 0) is 27.2 Å². The number of carbonyl (C=O) groups is 1. The van der Waals surface area contributed by atoms with Gasteiger partial charge in [0.1, 0.15) is 6.04 Å². The van der Waals surface area contributed by atoms with Crippen molar-refractivity contribution in [2.45, 2.75) is 40.2 Å². The van der Waals surface area contributed by atoms with E-state index in [1.54, 1.807) is 11.8 Å². The van der Waals surface area contributed by atoms with Gasteiger partial charge in [-0.2, -0.15) is 4.98 Å². The number of hydrogen-bond donors (Lipinski definition) is 2. The van der Waals surface area contributed by atoms with Crippen LogP contribution in [0.3, 0.4) is 0 Å². The number of carbonyl (C=O) groups excluding carboxylic acids is 1. The maximum Gasteiger partial charge on any atom is 0.244 e. The Labute approximate surface area is 125 Å². The maximum atomic E-state index is 13.7. The second-order valence-electron chi connectivity index (χ2n) is 4.69. The number of nitrogens with one attached hydrogen (secondary N) is 2. The first kappa shape index (κ1) is 17.1. The van der Waals surface area contributed by atoms with Crippen LogP contribution in [0, 0.1) is 5.82 Å². The summed E-state index contributed by atoms with van der Waals surface area (Å²) in [5.74, 6) is -0.267. The molecule has 6 nitrogen and oxygen atoms in total. The minimum atomic E-state index is -0.573. The molecule has 1 aromatic rings. The van der Waals surface area contributed by atoms with Crippen LogP contribution in [0.4, 0.5) is 16.2 Å². The Balaban J connectivity index is 2.78. The second-order valence-corrected chi connectivity index (χ2v) is 4.69. The zero-order valence-corrected chi connectivity index (χ0v) is 13.1. The van der Waals surface area contributed by atoms with E-state index in [1.165, 1.54) is 0 Å². The van der Waals surface area contributed by atoms with Gasteiger partial charge in [-0.1, -0.05) is 6.92 Å². The molecule has 0 radical (unpaired) electrons. The third-order valence-electron chi connectivity index (χ3n) is 3.08. The molecule has 1 atom stereocenters. The summed E-state index contributed by atoms with van der Waals surface area (Å²) in [6.45, 7) is 9.48. The van der Waals surface area contributed by atoms with E-state index >= 15 is 0 Å². The monoisotopic (exact) mass is 297 g/mol. The molecule has 1 heterocycles. The molecule has 0 saturated carbocycles. The van der Waals surface area contributed by atoms with Gasteiger partial charge in [0, 0.05) is 19.6 Å². The van der Waals surface area contributed by atoms with Crippen LogP contribution in [-0.2, 0) is 4.79 Å². The van der Waals surface area contributed by atoms with E-state index < -0.39 is 11.9 Å². The molecule has 1 rings (SSSR count). The highest BCUT2D eigenvalue weighted by atomic mass is 19.1. The lowest BCUT2D eigenvalue weighted by molar-refractivity contribution is -0.131. The number of anilines is 2. The summed E-state index contributed by atoms with van der Waals surface area (Å²) in [7, 11) is 0. The number of aromatic nitrogens is 2. The molecule has 7 heteroatoms. The maximum absolute atomic E-state index is 13.7. The molecule has 21 heavy (non-hydrogen) atoms. The Kier molecular flexibility index (Phi) is 6.84. The van der Waals surface area contributed by atoms with E-state index in [9.17, 15) is 9.18 Å². The SMILES string of the molecule is CCCNc1ncc(F)c(NC(C)C(=O)N(CC)CC)n1. The zero-order chi connectivity index (χ0) is 15.8. The van der Waals surface area contributed by atoms with Crippen LogP contribution in [0.25, 0.3) is 0 Å². The fraction of sp³-hybridized carbons (Fsp3) is 0.643. The van der Waals surface area contributed by atoms with Gasteiger partial charge in [-0.25, -0.2) is 9.37 Å². The molecule has 0 saturated heterocycles. The summed E-state index contributed by atoms with van der Waals surface area (Å²) in [5.41, 5.74) is 0. The van der Waals surface area contributed by atoms with E-state index in [0.717, 1.165) is 12.6 Å². The van der Waals surface area contributed by atoms with Crippen molar-refractivity contribution in [2.24, 2.45) is 0 Å². The van der Waals surface area contributed by atoms with Gasteiger partial charge in [0.15, 0.2) is 11.6 Å². The molecule has 0 spiro atoms. The van der Waals surface area contributed by atoms with E-state index in [1.807, 2.05) is 20.8 Å². The number of likely N-dealkylation sites (N-methyl/N-ethyl adjacent to an activating group) is 1. The summed E-state index contributed by atoms with van der Waals surface area (Å²) < 4.78 is 13.7. The largest absolute Gasteiger partial charge is 0.356 e. The summed E-state index contributed by atoms with van der Waals surface area (Å²) in [4.78, 5) is 21.8. The van der Waals surface area contributed by atoms with Gasteiger partial charge in [0.25, 0.3) is 0 Å². The molecule has 0 aliphatic rings. The fourth-order valence-electron chi connectivity index (χ4n) is 1.87. The van der Waals surface area contributed by atoms with Crippen LogP contribution < -0.4 is 10.6 Å². The van der Waals surface area contributed by atoms with Gasteiger partial charge in [-0.3, -0.25) is 4.79 Å². The third-order valence-corrected chi connectivity index (χ3v) is 3.08. The van der Waals surface area contributed by atoms with Gasteiger partial charge in [-0.15, -0.1) is 0 Å². The van der Waals surface area contributed by atoms with E-state index in [0.29, 0.717) is 25.6 Å². The quantitative estimate of drug-likeness (QED) is 0.769. The molecule has 0 aromatic carbocycles. The van der Waals surface area contributed by atoms with Crippen LogP contribution in [0.1, 0.15) is 34.1 Å². The smallest absolute Gasteiger partial charge is 0.244 e. The van der Waals surface area contributed by atoms with Crippen LogP contribution in [0.15, 0.2) is 6.20 Å². The average molecular weight is 297 g/mol. The summed E-state index contributed by atoms with van der Waals surface area (Å²) >= 11 is 0. The predicted octanol–water partition coefficient (Wildman–Crippen LogP) is 2.11. The fourth-order valence-corrected chi connectivity index (χ4v) is 1.87. The first-order valence-corrected chi connectivity index (χ1v) is 7.35. The number of rotatable bonds is 8. The standard InChI is InChI=1S/C14H24FN5O/c1-5-8-16-14-17-9-11(15)12(19-14)18-10(4)13(21)20(6-2)7-3/h9-10H,5-8H2,1-4H3,(H2,16,17,18,19). The average Bonchev–Trinajstić information content (AvgIpc) is 2.49. The van der Waals surface area contributed by atoms with Crippen molar-refractivity contribution in [3.63, 3.8) is 0 Å².